The first-order chi connectivity index (χ1) is 12.1. The Morgan fingerprint density at radius 1 is 1.30 bits per heavy atom. The summed E-state index contributed by atoms with van der Waals surface area (Å²) < 4.78 is 38.8. The van der Waals surface area contributed by atoms with Crippen LogP contribution in [0.15, 0.2) is 24.4 Å². The molecule has 0 fully saturated rings. The predicted octanol–water partition coefficient (Wildman–Crippen LogP) is 4.02. The lowest BCUT2D eigenvalue weighted by Gasteiger charge is -2.32. The topological polar surface area (TPSA) is 67.2 Å². The van der Waals surface area contributed by atoms with Gasteiger partial charge in [0.15, 0.2) is 5.69 Å². The third kappa shape index (κ3) is 4.02. The monoisotopic (exact) mass is 440 g/mol. The molecule has 0 unspecified atom stereocenters. The number of halogens is 5. The molecular weight excluding hydrogens is 428 g/mol. The summed E-state index contributed by atoms with van der Waals surface area (Å²) in [6.45, 7) is 1.96. The first-order valence-electron chi connectivity index (χ1n) is 7.32. The zero-order valence-corrected chi connectivity index (χ0v) is 16.2. The van der Waals surface area contributed by atoms with E-state index < -0.39 is 18.0 Å². The van der Waals surface area contributed by atoms with E-state index in [0.29, 0.717) is 10.7 Å². The van der Waals surface area contributed by atoms with E-state index in [0.717, 1.165) is 6.20 Å². The lowest BCUT2D eigenvalue weighted by molar-refractivity contribution is -0.167. The van der Waals surface area contributed by atoms with Crippen LogP contribution in [0.3, 0.4) is 0 Å². The van der Waals surface area contributed by atoms with Crippen LogP contribution >= 0.6 is 36.7 Å². The Morgan fingerprint density at radius 2 is 1.96 bits per heavy atom. The van der Waals surface area contributed by atoms with Gasteiger partial charge in [-0.05, 0) is 25.1 Å². The maximum absolute atomic E-state index is 12.8. The van der Waals surface area contributed by atoms with Gasteiger partial charge in [0.1, 0.15) is 0 Å². The van der Waals surface area contributed by atoms with Crippen molar-refractivity contribution in [2.24, 2.45) is 0 Å². The van der Waals surface area contributed by atoms with Crippen LogP contribution in [0.4, 0.5) is 24.5 Å². The van der Waals surface area contributed by atoms with Gasteiger partial charge >= 0.3 is 12.1 Å². The van der Waals surface area contributed by atoms with Crippen molar-refractivity contribution < 1.29 is 22.8 Å². The quantitative estimate of drug-likeness (QED) is 0.766. The standard InChI is InChI=1S/C15H11Cl2F3N4O2.H2S/c1-7-6-23(8-2-3-9(16)10(17)4-8)13(25)12-11(5-21-24(7)12)22-14(26)15(18,19)20;/h2-5,7H,6H2,1H3,(H,22,26);1H2/t7-;/m0./s1. The van der Waals surface area contributed by atoms with Gasteiger partial charge in [-0.25, -0.2) is 0 Å². The minimum atomic E-state index is -5.08. The Hall–Kier alpha value is -1.91. The van der Waals surface area contributed by atoms with Crippen LogP contribution in [0, 0.1) is 0 Å². The van der Waals surface area contributed by atoms with E-state index in [2.05, 4.69) is 5.10 Å². The summed E-state index contributed by atoms with van der Waals surface area (Å²) in [6, 6.07) is 4.22. The molecule has 2 aromatic rings. The lowest BCUT2D eigenvalue weighted by atomic mass is 10.1. The molecule has 3 rings (SSSR count). The smallest absolute Gasteiger partial charge is 0.315 e. The van der Waals surface area contributed by atoms with Crippen LogP contribution in [0.5, 0.6) is 0 Å². The van der Waals surface area contributed by atoms with Crippen LogP contribution in [0.1, 0.15) is 23.5 Å². The molecule has 2 amide bonds. The Morgan fingerprint density at radius 3 is 2.56 bits per heavy atom. The molecule has 1 aliphatic rings. The predicted molar refractivity (Wildman–Crippen MR) is 100 cm³/mol. The van der Waals surface area contributed by atoms with Crippen molar-refractivity contribution in [1.82, 2.24) is 9.78 Å². The SMILES string of the molecule is C[C@H]1CN(c2ccc(Cl)c(Cl)c2)C(=O)c2c(NC(=O)C(F)(F)F)cnn21.S. The number of anilines is 2. The lowest BCUT2D eigenvalue weighted by Crippen LogP contribution is -2.43. The second-order valence-electron chi connectivity index (χ2n) is 5.67. The number of nitrogens with one attached hydrogen (secondary N) is 1. The zero-order chi connectivity index (χ0) is 19.2. The van der Waals surface area contributed by atoms with Crippen molar-refractivity contribution >= 4 is 59.9 Å². The summed E-state index contributed by atoms with van der Waals surface area (Å²) in [5, 5.41) is 6.15. The second-order valence-corrected chi connectivity index (χ2v) is 6.48. The van der Waals surface area contributed by atoms with Crippen LogP contribution in [0.25, 0.3) is 0 Å². The molecule has 1 N–H and O–H groups in total. The van der Waals surface area contributed by atoms with Crippen molar-refractivity contribution in [2.45, 2.75) is 19.1 Å². The van der Waals surface area contributed by atoms with Crippen LogP contribution in [-0.4, -0.2) is 34.3 Å². The van der Waals surface area contributed by atoms with E-state index in [9.17, 15) is 22.8 Å². The molecule has 1 atom stereocenters. The fourth-order valence-corrected chi connectivity index (χ4v) is 2.91. The summed E-state index contributed by atoms with van der Waals surface area (Å²) in [6.07, 6.45) is -4.06. The molecule has 0 radical (unpaired) electrons. The molecule has 146 valence electrons. The summed E-state index contributed by atoms with van der Waals surface area (Å²) >= 11 is 11.8. The molecule has 1 aliphatic heterocycles. The van der Waals surface area contributed by atoms with Crippen LogP contribution in [0.2, 0.25) is 10.0 Å². The summed E-state index contributed by atoms with van der Waals surface area (Å²) in [7, 11) is 0. The van der Waals surface area contributed by atoms with Gasteiger partial charge in [0.25, 0.3) is 5.91 Å². The minimum absolute atomic E-state index is 0. The molecule has 0 saturated heterocycles. The molecule has 0 bridgehead atoms. The molecule has 2 heterocycles. The number of hydrogen-bond donors (Lipinski definition) is 1. The number of carbonyl (C=O) groups excluding carboxylic acids is 2. The number of fused-ring (bicyclic) bond motifs is 1. The molecule has 12 heteroatoms. The fraction of sp³-hybridized carbons (Fsp3) is 0.267. The number of rotatable bonds is 2. The van der Waals surface area contributed by atoms with Crippen molar-refractivity contribution in [1.29, 1.82) is 0 Å². The Kier molecular flexibility index (Phi) is 6.03. The highest BCUT2D eigenvalue weighted by Gasteiger charge is 2.41. The Labute approximate surface area is 168 Å². The first-order valence-corrected chi connectivity index (χ1v) is 8.07. The average Bonchev–Trinajstić information content (AvgIpc) is 2.97. The number of amides is 2. The van der Waals surface area contributed by atoms with Crippen molar-refractivity contribution in [3.05, 3.63) is 40.1 Å². The van der Waals surface area contributed by atoms with E-state index >= 15 is 0 Å². The zero-order valence-electron chi connectivity index (χ0n) is 13.6. The van der Waals surface area contributed by atoms with E-state index in [1.807, 2.05) is 0 Å². The van der Waals surface area contributed by atoms with Crippen molar-refractivity contribution in [3.63, 3.8) is 0 Å². The number of carbonyl (C=O) groups is 2. The van der Waals surface area contributed by atoms with Crippen LogP contribution in [-0.2, 0) is 4.79 Å². The van der Waals surface area contributed by atoms with Crippen molar-refractivity contribution in [3.8, 4) is 0 Å². The van der Waals surface area contributed by atoms with Crippen LogP contribution < -0.4 is 10.2 Å². The fourth-order valence-electron chi connectivity index (χ4n) is 2.62. The van der Waals surface area contributed by atoms with E-state index in [1.165, 1.54) is 21.7 Å². The van der Waals surface area contributed by atoms with E-state index in [1.54, 1.807) is 18.3 Å². The van der Waals surface area contributed by atoms with E-state index in [4.69, 9.17) is 23.2 Å². The molecule has 1 aromatic carbocycles. The van der Waals surface area contributed by atoms with Gasteiger partial charge in [0.2, 0.25) is 0 Å². The maximum Gasteiger partial charge on any atom is 0.471 e. The summed E-state index contributed by atoms with van der Waals surface area (Å²) in [5.74, 6) is -2.79. The van der Waals surface area contributed by atoms with Gasteiger partial charge in [-0.1, -0.05) is 23.2 Å². The molecule has 1 aromatic heterocycles. The maximum atomic E-state index is 12.8. The first kappa shape index (κ1) is 21.4. The number of benzene rings is 1. The van der Waals surface area contributed by atoms with Gasteiger partial charge in [0, 0.05) is 12.2 Å². The molecule has 0 aliphatic carbocycles. The largest absolute Gasteiger partial charge is 0.471 e. The van der Waals surface area contributed by atoms with Gasteiger partial charge < -0.3 is 10.2 Å². The molecule has 0 spiro atoms. The highest BCUT2D eigenvalue weighted by atomic mass is 35.5. The number of alkyl halides is 3. The van der Waals surface area contributed by atoms with Gasteiger partial charge in [-0.15, -0.1) is 0 Å². The Bertz CT molecular complexity index is 904. The molecule has 0 saturated carbocycles. The second kappa shape index (κ2) is 7.61. The number of nitrogens with zero attached hydrogens (tertiary/aromatic N) is 3. The molecular formula is C15H13Cl2F3N4O2S. The number of aromatic nitrogens is 2. The molecule has 27 heavy (non-hydrogen) atoms. The summed E-state index contributed by atoms with van der Waals surface area (Å²) in [5.41, 5.74) is -0.0295. The highest BCUT2D eigenvalue weighted by molar-refractivity contribution is 7.59. The van der Waals surface area contributed by atoms with E-state index in [-0.39, 0.29) is 42.5 Å². The third-order valence-corrected chi connectivity index (χ3v) is 4.57. The highest BCUT2D eigenvalue weighted by Crippen LogP contribution is 2.33. The normalized spacial score (nSPS) is 16.6. The Balaban J connectivity index is 0.00000261. The third-order valence-electron chi connectivity index (χ3n) is 3.83. The van der Waals surface area contributed by atoms with Crippen molar-refractivity contribution in [2.75, 3.05) is 16.8 Å². The number of hydrogen-bond acceptors (Lipinski definition) is 3. The van der Waals surface area contributed by atoms with Gasteiger partial charge in [-0.2, -0.15) is 31.8 Å². The average molecular weight is 441 g/mol. The minimum Gasteiger partial charge on any atom is -0.315 e. The van der Waals surface area contributed by atoms with Gasteiger partial charge in [0.05, 0.1) is 28.0 Å². The van der Waals surface area contributed by atoms with Gasteiger partial charge in [-0.3, -0.25) is 14.3 Å². The summed E-state index contributed by atoms with van der Waals surface area (Å²) in [4.78, 5) is 25.4. The molecule has 6 nitrogen and oxygen atoms in total.